The number of carboxylic acid groups (broad SMARTS) is 1. The predicted molar refractivity (Wildman–Crippen MR) is 103 cm³/mol. The van der Waals surface area contributed by atoms with Gasteiger partial charge in [0, 0.05) is 24.7 Å². The maximum absolute atomic E-state index is 12.7. The summed E-state index contributed by atoms with van der Waals surface area (Å²) in [6.07, 6.45) is 0.578. The summed E-state index contributed by atoms with van der Waals surface area (Å²) in [6.45, 7) is 3.21. The molecular formula is C21H22N2O4. The van der Waals surface area contributed by atoms with Crippen LogP contribution < -0.4 is 10.6 Å². The van der Waals surface area contributed by atoms with E-state index in [1.807, 2.05) is 24.3 Å². The zero-order valence-corrected chi connectivity index (χ0v) is 15.3. The Labute approximate surface area is 157 Å². The van der Waals surface area contributed by atoms with E-state index in [1.165, 1.54) is 6.92 Å². The first-order chi connectivity index (χ1) is 12.8. The molecule has 0 fully saturated rings. The Balaban J connectivity index is 1.77. The molecule has 2 aromatic rings. The topological polar surface area (TPSA) is 95.5 Å². The van der Waals surface area contributed by atoms with Gasteiger partial charge in [-0.2, -0.15) is 0 Å². The van der Waals surface area contributed by atoms with Crippen LogP contribution >= 0.6 is 0 Å². The van der Waals surface area contributed by atoms with Crippen molar-refractivity contribution in [3.05, 3.63) is 59.2 Å². The van der Waals surface area contributed by atoms with Crippen molar-refractivity contribution in [2.75, 3.05) is 10.6 Å². The maximum Gasteiger partial charge on any atom is 0.310 e. The van der Waals surface area contributed by atoms with E-state index in [1.54, 1.807) is 25.1 Å². The Morgan fingerprint density at radius 3 is 2.04 bits per heavy atom. The van der Waals surface area contributed by atoms with Crippen LogP contribution in [0.1, 0.15) is 30.0 Å². The number of nitrogens with one attached hydrogen (secondary N) is 2. The number of anilines is 2. The molecule has 6 nitrogen and oxygen atoms in total. The number of amides is 2. The minimum absolute atomic E-state index is 0.110. The van der Waals surface area contributed by atoms with Gasteiger partial charge in [0.25, 0.3) is 0 Å². The number of carbonyl (C=O) groups excluding carboxylic acids is 2. The normalized spacial score (nSPS) is 14.3. The van der Waals surface area contributed by atoms with Gasteiger partial charge in [0.05, 0.1) is 5.41 Å². The van der Waals surface area contributed by atoms with Gasteiger partial charge >= 0.3 is 5.97 Å². The molecule has 0 bridgehead atoms. The summed E-state index contributed by atoms with van der Waals surface area (Å²) in [5.74, 6) is -1.51. The van der Waals surface area contributed by atoms with Gasteiger partial charge in [-0.05, 0) is 48.6 Å². The number of aliphatic carboxylic acids is 1. The lowest BCUT2D eigenvalue weighted by Gasteiger charge is -2.23. The molecule has 6 heteroatoms. The number of hydrogen-bond acceptors (Lipinski definition) is 3. The Morgan fingerprint density at radius 1 is 0.963 bits per heavy atom. The molecule has 0 aromatic heterocycles. The zero-order valence-electron chi connectivity index (χ0n) is 15.3. The molecular weight excluding hydrogens is 344 g/mol. The highest BCUT2D eigenvalue weighted by molar-refractivity contribution is 5.97. The Hall–Kier alpha value is -3.15. The molecule has 0 unspecified atom stereocenters. The Morgan fingerprint density at radius 2 is 1.52 bits per heavy atom. The van der Waals surface area contributed by atoms with E-state index in [0.29, 0.717) is 24.2 Å². The second-order valence-electron chi connectivity index (χ2n) is 7.09. The third-order valence-electron chi connectivity index (χ3n) is 5.05. The first-order valence-corrected chi connectivity index (χ1v) is 8.78. The molecule has 0 saturated carbocycles. The fourth-order valence-electron chi connectivity index (χ4n) is 3.64. The molecule has 140 valence electrons. The van der Waals surface area contributed by atoms with E-state index in [4.69, 9.17) is 0 Å². The Bertz CT molecular complexity index is 895. The van der Waals surface area contributed by atoms with E-state index >= 15 is 0 Å². The molecule has 0 heterocycles. The number of hydrogen-bond donors (Lipinski definition) is 3. The average Bonchev–Trinajstić information content (AvgIpc) is 2.97. The molecule has 3 rings (SSSR count). The predicted octanol–water partition coefficient (Wildman–Crippen LogP) is 3.15. The monoisotopic (exact) mass is 366 g/mol. The van der Waals surface area contributed by atoms with Crippen LogP contribution in [0.3, 0.4) is 0 Å². The number of carbonyl (C=O) groups is 3. The zero-order chi connectivity index (χ0) is 19.6. The quantitative estimate of drug-likeness (QED) is 0.757. The van der Waals surface area contributed by atoms with Crippen LogP contribution in [-0.4, -0.2) is 22.9 Å². The van der Waals surface area contributed by atoms with Gasteiger partial charge < -0.3 is 15.7 Å². The SMILES string of the molecule is CC(=O)Nc1cccc(NC(=O)CC2(C(=O)O)Cc3ccccc3C2)c1C. The van der Waals surface area contributed by atoms with Crippen molar-refractivity contribution in [3.8, 4) is 0 Å². The fraction of sp³-hybridized carbons (Fsp3) is 0.286. The van der Waals surface area contributed by atoms with Gasteiger partial charge in [0.2, 0.25) is 11.8 Å². The summed E-state index contributed by atoms with van der Waals surface area (Å²) in [7, 11) is 0. The third kappa shape index (κ3) is 3.84. The summed E-state index contributed by atoms with van der Waals surface area (Å²) >= 11 is 0. The van der Waals surface area contributed by atoms with Crippen LogP contribution in [0, 0.1) is 12.3 Å². The summed E-state index contributed by atoms with van der Waals surface area (Å²) in [5, 5.41) is 15.3. The minimum atomic E-state index is -1.13. The van der Waals surface area contributed by atoms with Gasteiger partial charge in [-0.15, -0.1) is 0 Å². The maximum atomic E-state index is 12.7. The molecule has 0 aliphatic heterocycles. The van der Waals surface area contributed by atoms with Crippen molar-refractivity contribution in [2.24, 2.45) is 5.41 Å². The number of fused-ring (bicyclic) bond motifs is 1. The largest absolute Gasteiger partial charge is 0.481 e. The van der Waals surface area contributed by atoms with Gasteiger partial charge in [-0.1, -0.05) is 30.3 Å². The summed E-state index contributed by atoms with van der Waals surface area (Å²) in [5.41, 5.74) is 2.73. The lowest BCUT2D eigenvalue weighted by Crippen LogP contribution is -2.36. The third-order valence-corrected chi connectivity index (χ3v) is 5.05. The van der Waals surface area contributed by atoms with Gasteiger partial charge in [-0.3, -0.25) is 14.4 Å². The molecule has 1 aliphatic rings. The van der Waals surface area contributed by atoms with Crippen molar-refractivity contribution in [2.45, 2.75) is 33.1 Å². The van der Waals surface area contributed by atoms with Crippen LogP contribution in [0.4, 0.5) is 11.4 Å². The second-order valence-corrected chi connectivity index (χ2v) is 7.09. The second kappa shape index (κ2) is 7.23. The molecule has 0 spiro atoms. The molecule has 2 aromatic carbocycles. The van der Waals surface area contributed by atoms with E-state index < -0.39 is 11.4 Å². The van der Waals surface area contributed by atoms with Crippen LogP contribution in [0.25, 0.3) is 0 Å². The lowest BCUT2D eigenvalue weighted by atomic mass is 9.81. The first-order valence-electron chi connectivity index (χ1n) is 8.78. The molecule has 3 N–H and O–H groups in total. The molecule has 27 heavy (non-hydrogen) atoms. The van der Waals surface area contributed by atoms with Crippen LogP contribution in [0.5, 0.6) is 0 Å². The van der Waals surface area contributed by atoms with Crippen LogP contribution in [0.15, 0.2) is 42.5 Å². The smallest absolute Gasteiger partial charge is 0.310 e. The summed E-state index contributed by atoms with van der Waals surface area (Å²) in [6, 6.07) is 12.8. The van der Waals surface area contributed by atoms with E-state index in [-0.39, 0.29) is 18.2 Å². The van der Waals surface area contributed by atoms with Gasteiger partial charge in [0.15, 0.2) is 0 Å². The van der Waals surface area contributed by atoms with Crippen molar-refractivity contribution < 1.29 is 19.5 Å². The molecule has 0 atom stereocenters. The van der Waals surface area contributed by atoms with Crippen LogP contribution in [0.2, 0.25) is 0 Å². The standard InChI is InChI=1S/C21H22N2O4/c1-13-17(22-14(2)24)8-5-9-18(13)23-19(25)12-21(20(26)27)10-15-6-3-4-7-16(15)11-21/h3-9H,10-12H2,1-2H3,(H,22,24)(H,23,25)(H,26,27). The molecule has 2 amide bonds. The highest BCUT2D eigenvalue weighted by atomic mass is 16.4. The van der Waals surface area contributed by atoms with Gasteiger partial charge in [0.1, 0.15) is 0 Å². The highest BCUT2D eigenvalue weighted by Crippen LogP contribution is 2.40. The molecule has 0 radical (unpaired) electrons. The number of benzene rings is 2. The van der Waals surface area contributed by atoms with Gasteiger partial charge in [-0.25, -0.2) is 0 Å². The van der Waals surface area contributed by atoms with Crippen molar-refractivity contribution in [1.29, 1.82) is 0 Å². The number of rotatable bonds is 5. The minimum Gasteiger partial charge on any atom is -0.481 e. The first kappa shape index (κ1) is 18.6. The fourth-order valence-corrected chi connectivity index (χ4v) is 3.64. The highest BCUT2D eigenvalue weighted by Gasteiger charge is 2.45. The van der Waals surface area contributed by atoms with E-state index in [9.17, 15) is 19.5 Å². The summed E-state index contributed by atoms with van der Waals surface area (Å²) in [4.78, 5) is 35.9. The van der Waals surface area contributed by atoms with Crippen LogP contribution in [-0.2, 0) is 27.2 Å². The van der Waals surface area contributed by atoms with E-state index in [2.05, 4.69) is 10.6 Å². The Kier molecular flexibility index (Phi) is 4.99. The molecule has 0 saturated heterocycles. The lowest BCUT2D eigenvalue weighted by molar-refractivity contribution is -0.150. The molecule has 1 aliphatic carbocycles. The van der Waals surface area contributed by atoms with Crippen molar-refractivity contribution in [1.82, 2.24) is 0 Å². The van der Waals surface area contributed by atoms with Crippen molar-refractivity contribution >= 4 is 29.2 Å². The summed E-state index contributed by atoms with van der Waals surface area (Å²) < 4.78 is 0. The van der Waals surface area contributed by atoms with Crippen molar-refractivity contribution in [3.63, 3.8) is 0 Å². The van der Waals surface area contributed by atoms with E-state index in [0.717, 1.165) is 16.7 Å². The number of carboxylic acids is 1. The average molecular weight is 366 g/mol.